The second-order valence-electron chi connectivity index (χ2n) is 5.39. The van der Waals surface area contributed by atoms with E-state index in [0.29, 0.717) is 0 Å². The van der Waals surface area contributed by atoms with Gasteiger partial charge in [-0.1, -0.05) is 30.3 Å². The van der Waals surface area contributed by atoms with E-state index in [1.807, 2.05) is 30.1 Å². The van der Waals surface area contributed by atoms with Crippen LogP contribution in [0.25, 0.3) is 0 Å². The van der Waals surface area contributed by atoms with Gasteiger partial charge in [-0.05, 0) is 5.56 Å². The average molecular weight is 319 g/mol. The molecular weight excluding hydrogens is 300 g/mol. The molecule has 0 saturated carbocycles. The monoisotopic (exact) mass is 318 g/mol. The summed E-state index contributed by atoms with van der Waals surface area (Å²) in [7, 11) is -3.07. The molecule has 2 rings (SSSR count). The number of quaternary nitrogens is 1. The number of benzene rings is 1. The molecule has 118 valence electrons. The maximum Gasteiger partial charge on any atom is 0.285 e. The van der Waals surface area contributed by atoms with E-state index in [9.17, 15) is 4.79 Å². The largest absolute Gasteiger partial charge is 0.314 e. The third kappa shape index (κ3) is 5.96. The number of carbonyl (C=O) groups is 1. The predicted octanol–water partition coefficient (Wildman–Crippen LogP) is -4.39. The number of halogens is 1. The molecule has 1 heterocycles. The van der Waals surface area contributed by atoms with E-state index in [-0.39, 0.29) is 17.6 Å². The fourth-order valence-electron chi connectivity index (χ4n) is 2.22. The van der Waals surface area contributed by atoms with Gasteiger partial charge in [0.05, 0.1) is 0 Å². The highest BCUT2D eigenvalue weighted by Crippen LogP contribution is 2.13. The fraction of sp³-hybridized carbons (Fsp3) is 0.462. The lowest BCUT2D eigenvalue weighted by atomic mass is 10.1. The number of nitrogens with zero attached hydrogens (tertiary/aromatic N) is 1. The fourth-order valence-corrected chi connectivity index (χ4v) is 2.22. The lowest BCUT2D eigenvalue weighted by Crippen LogP contribution is -2.98. The Kier molecular flexibility index (Phi) is 5.68. The molecule has 21 heavy (non-hydrogen) atoms. The molecule has 1 aliphatic heterocycles. The Hall–Kier alpha value is -1.22. The van der Waals surface area contributed by atoms with Crippen molar-refractivity contribution < 1.29 is 39.0 Å². The van der Waals surface area contributed by atoms with Gasteiger partial charge in [0.25, 0.3) is 5.91 Å². The normalized spacial score (nSPS) is 21.0. The van der Waals surface area contributed by atoms with Crippen LogP contribution in [0.2, 0.25) is 0 Å². The van der Waals surface area contributed by atoms with E-state index in [1.54, 1.807) is 0 Å². The van der Waals surface area contributed by atoms with Gasteiger partial charge in [0.2, 0.25) is 0 Å². The molecule has 1 amide bonds. The standard InChI is InChI=1S/C13H18N2O.ClHO4/c1-13(2)14-11(12(16)15(13)3)9-10-7-5-4-6-8-10;2-1(3,4)5/h4-8,11,14H,9H2,1-3H3;(H,2,3,4,5)/t11-;/m0./s1. The summed E-state index contributed by atoms with van der Waals surface area (Å²) in [5.41, 5.74) is 1.11. The Morgan fingerprint density at radius 1 is 1.19 bits per heavy atom. The van der Waals surface area contributed by atoms with Gasteiger partial charge >= 0.3 is 0 Å². The summed E-state index contributed by atoms with van der Waals surface area (Å²) in [6.45, 7) is 4.16. The summed E-state index contributed by atoms with van der Waals surface area (Å²) in [6.07, 6.45) is 0.813. The number of hydrogen-bond acceptors (Lipinski definition) is 5. The van der Waals surface area contributed by atoms with Crippen LogP contribution in [-0.4, -0.2) is 29.6 Å². The van der Waals surface area contributed by atoms with Crippen molar-refractivity contribution in [2.24, 2.45) is 0 Å². The molecule has 0 unspecified atom stereocenters. The molecule has 0 aromatic heterocycles. The minimum Gasteiger partial charge on any atom is -0.314 e. The van der Waals surface area contributed by atoms with Crippen molar-refractivity contribution in [3.8, 4) is 0 Å². The summed E-state index contributed by atoms with van der Waals surface area (Å²) in [6, 6.07) is 10.2. The van der Waals surface area contributed by atoms with E-state index >= 15 is 0 Å². The van der Waals surface area contributed by atoms with E-state index in [1.165, 1.54) is 5.56 Å². The summed E-state index contributed by atoms with van der Waals surface area (Å²) in [4.78, 5) is 13.9. The van der Waals surface area contributed by atoms with Gasteiger partial charge in [0.1, 0.15) is 0 Å². The molecule has 1 aliphatic rings. The van der Waals surface area contributed by atoms with Crippen molar-refractivity contribution in [1.29, 1.82) is 0 Å². The van der Waals surface area contributed by atoms with Gasteiger partial charge in [-0.25, -0.2) is 18.6 Å². The Balaban J connectivity index is 0.000000383. The van der Waals surface area contributed by atoms with Crippen molar-refractivity contribution in [2.75, 3.05) is 7.05 Å². The second-order valence-corrected chi connectivity index (χ2v) is 6.15. The maximum absolute atomic E-state index is 12.0. The molecule has 8 heteroatoms. The number of rotatable bonds is 2. The molecule has 1 saturated heterocycles. The summed E-state index contributed by atoms with van der Waals surface area (Å²) in [5, 5.41) is 2.16. The van der Waals surface area contributed by atoms with Crippen molar-refractivity contribution in [3.63, 3.8) is 0 Å². The molecule has 7 nitrogen and oxygen atoms in total. The minimum absolute atomic E-state index is 0.0300. The van der Waals surface area contributed by atoms with Crippen LogP contribution < -0.4 is 24.0 Å². The van der Waals surface area contributed by atoms with Gasteiger partial charge in [-0.15, -0.1) is 10.2 Å². The zero-order chi connectivity index (χ0) is 16.3. The van der Waals surface area contributed by atoms with Crippen LogP contribution in [0.15, 0.2) is 30.3 Å². The van der Waals surface area contributed by atoms with Crippen LogP contribution in [0, 0.1) is 10.2 Å². The zero-order valence-corrected chi connectivity index (χ0v) is 12.9. The molecule has 0 aliphatic carbocycles. The zero-order valence-electron chi connectivity index (χ0n) is 12.1. The van der Waals surface area contributed by atoms with Gasteiger partial charge in [-0.3, -0.25) is 9.69 Å². The third-order valence-corrected chi connectivity index (χ3v) is 3.42. The molecule has 1 atom stereocenters. The molecule has 0 radical (unpaired) electrons. The molecule has 1 aromatic carbocycles. The highest BCUT2D eigenvalue weighted by Gasteiger charge is 2.46. The second kappa shape index (κ2) is 6.69. The molecule has 0 bridgehead atoms. The van der Waals surface area contributed by atoms with E-state index < -0.39 is 10.2 Å². The van der Waals surface area contributed by atoms with E-state index in [0.717, 1.165) is 6.42 Å². The topological polar surface area (TPSA) is 129 Å². The first kappa shape index (κ1) is 17.8. The number of likely N-dealkylation sites (N-methyl/N-ethyl adjacent to an activating group) is 1. The maximum atomic E-state index is 12.0. The first-order chi connectivity index (χ1) is 9.50. The average Bonchev–Trinajstić information content (AvgIpc) is 2.52. The third-order valence-electron chi connectivity index (χ3n) is 3.42. The first-order valence-electron chi connectivity index (χ1n) is 6.30. The number of hydrogen-bond donors (Lipinski definition) is 1. The van der Waals surface area contributed by atoms with Crippen LogP contribution in [0.5, 0.6) is 0 Å². The lowest BCUT2D eigenvalue weighted by Gasteiger charge is -2.22. The first-order valence-corrected chi connectivity index (χ1v) is 7.53. The molecule has 0 spiro atoms. The lowest BCUT2D eigenvalue weighted by molar-refractivity contribution is -2.00. The van der Waals surface area contributed by atoms with Gasteiger partial charge in [0, 0.05) is 27.3 Å². The molecule has 1 aromatic rings. The van der Waals surface area contributed by atoms with Crippen LogP contribution in [0.4, 0.5) is 0 Å². The number of nitrogens with two attached hydrogens (primary N) is 1. The summed E-state index contributed by atoms with van der Waals surface area (Å²) >= 11 is 0. The Bertz CT molecular complexity index is 469. The quantitative estimate of drug-likeness (QED) is 0.588. The van der Waals surface area contributed by atoms with Crippen LogP contribution in [-0.2, 0) is 11.2 Å². The Labute approximate surface area is 125 Å². The minimum atomic E-state index is -4.94. The number of carbonyl (C=O) groups excluding carboxylic acids is 1. The van der Waals surface area contributed by atoms with Crippen LogP contribution >= 0.6 is 0 Å². The summed E-state index contributed by atoms with van der Waals surface area (Å²) in [5.74, 6) is 0.230. The summed E-state index contributed by atoms with van der Waals surface area (Å²) < 4.78 is 34.0. The molecular formula is C13H19ClN2O5. The molecule has 2 N–H and O–H groups in total. The van der Waals surface area contributed by atoms with E-state index in [2.05, 4.69) is 31.3 Å². The van der Waals surface area contributed by atoms with E-state index in [4.69, 9.17) is 18.6 Å². The Morgan fingerprint density at radius 2 is 1.67 bits per heavy atom. The highest BCUT2D eigenvalue weighted by atomic mass is 35.7. The van der Waals surface area contributed by atoms with Gasteiger partial charge in [0.15, 0.2) is 11.7 Å². The van der Waals surface area contributed by atoms with Crippen LogP contribution in [0.1, 0.15) is 19.4 Å². The van der Waals surface area contributed by atoms with Crippen molar-refractivity contribution in [2.45, 2.75) is 32.0 Å². The highest BCUT2D eigenvalue weighted by molar-refractivity contribution is 5.82. The smallest absolute Gasteiger partial charge is 0.285 e. The van der Waals surface area contributed by atoms with Gasteiger partial charge < -0.3 is 5.32 Å². The van der Waals surface area contributed by atoms with Crippen molar-refractivity contribution in [3.05, 3.63) is 35.9 Å². The SMILES string of the molecule is CN1C(=O)[C@H](Cc2ccccc2)[NH2+]C1(C)C.[O-][Cl+3]([O-])([O-])[O-]. The van der Waals surface area contributed by atoms with Crippen LogP contribution in [0.3, 0.4) is 0 Å². The predicted molar refractivity (Wildman–Crippen MR) is 62.7 cm³/mol. The molecule has 1 fully saturated rings. The van der Waals surface area contributed by atoms with Crippen molar-refractivity contribution >= 4 is 5.91 Å². The van der Waals surface area contributed by atoms with Crippen molar-refractivity contribution in [1.82, 2.24) is 4.90 Å². The van der Waals surface area contributed by atoms with Gasteiger partial charge in [-0.2, -0.15) is 0 Å². The number of amides is 1. The Morgan fingerprint density at radius 3 is 2.05 bits per heavy atom.